The zero-order chi connectivity index (χ0) is 21.5. The van der Waals surface area contributed by atoms with E-state index in [1.54, 1.807) is 23.0 Å². The second kappa shape index (κ2) is 7.67. The highest BCUT2D eigenvalue weighted by molar-refractivity contribution is 6.30. The maximum atomic E-state index is 13.3. The maximum absolute atomic E-state index is 13.3. The molecule has 0 bridgehead atoms. The molecule has 1 aliphatic rings. The van der Waals surface area contributed by atoms with E-state index in [2.05, 4.69) is 15.5 Å². The Morgan fingerprint density at radius 1 is 1.19 bits per heavy atom. The van der Waals surface area contributed by atoms with E-state index in [0.29, 0.717) is 21.9 Å². The van der Waals surface area contributed by atoms with Gasteiger partial charge in [0, 0.05) is 22.0 Å². The zero-order valence-electron chi connectivity index (χ0n) is 16.9. The molecule has 156 valence electrons. The molecule has 0 atom stereocenters. The van der Waals surface area contributed by atoms with E-state index in [4.69, 9.17) is 11.6 Å². The van der Waals surface area contributed by atoms with Crippen molar-refractivity contribution >= 4 is 34.1 Å². The smallest absolute Gasteiger partial charge is 0.293 e. The Hall–Kier alpha value is -3.45. The third-order valence-corrected chi connectivity index (χ3v) is 5.59. The lowest BCUT2D eigenvalue weighted by atomic mass is 10.2. The predicted octanol–water partition coefficient (Wildman–Crippen LogP) is 4.06. The van der Waals surface area contributed by atoms with Gasteiger partial charge in [0.2, 0.25) is 5.91 Å². The fourth-order valence-electron chi connectivity index (χ4n) is 3.64. The van der Waals surface area contributed by atoms with Gasteiger partial charge in [-0.1, -0.05) is 35.4 Å². The Labute approximate surface area is 183 Å². The van der Waals surface area contributed by atoms with Gasteiger partial charge in [0.25, 0.3) is 5.56 Å². The Morgan fingerprint density at radius 3 is 2.68 bits per heavy atom. The van der Waals surface area contributed by atoms with Crippen LogP contribution in [0.4, 0.5) is 5.69 Å². The lowest BCUT2D eigenvalue weighted by Crippen LogP contribution is -2.31. The molecule has 0 radical (unpaired) electrons. The normalized spacial score (nSPS) is 13.5. The number of nitrogens with zero attached hydrogens (tertiary/aromatic N) is 4. The van der Waals surface area contributed by atoms with Gasteiger partial charge in [0.05, 0.1) is 17.6 Å². The molecular formula is C23H20ClN5O2. The summed E-state index contributed by atoms with van der Waals surface area (Å²) in [6.07, 6.45) is 3.70. The predicted molar refractivity (Wildman–Crippen MR) is 120 cm³/mol. The third kappa shape index (κ3) is 3.84. The third-order valence-electron chi connectivity index (χ3n) is 5.36. The Balaban J connectivity index is 1.56. The largest absolute Gasteiger partial charge is 0.324 e. The molecule has 31 heavy (non-hydrogen) atoms. The van der Waals surface area contributed by atoms with Crippen molar-refractivity contribution in [2.24, 2.45) is 0 Å². The van der Waals surface area contributed by atoms with E-state index in [-0.39, 0.29) is 23.9 Å². The molecule has 1 aliphatic carbocycles. The highest BCUT2D eigenvalue weighted by atomic mass is 35.5. The van der Waals surface area contributed by atoms with Gasteiger partial charge in [-0.2, -0.15) is 10.2 Å². The fraction of sp³-hybridized carbons (Fsp3) is 0.217. The number of halogens is 1. The second-order valence-electron chi connectivity index (χ2n) is 7.84. The van der Waals surface area contributed by atoms with E-state index in [0.717, 1.165) is 29.5 Å². The molecule has 0 saturated heterocycles. The Morgan fingerprint density at radius 2 is 1.97 bits per heavy atom. The number of hydrogen-bond acceptors (Lipinski definition) is 4. The maximum Gasteiger partial charge on any atom is 0.293 e. The highest BCUT2D eigenvalue weighted by Crippen LogP contribution is 2.41. The van der Waals surface area contributed by atoms with Crippen molar-refractivity contribution < 1.29 is 4.79 Å². The van der Waals surface area contributed by atoms with Crippen LogP contribution in [0.15, 0.2) is 59.5 Å². The van der Waals surface area contributed by atoms with Crippen LogP contribution in [0, 0.1) is 6.92 Å². The minimum absolute atomic E-state index is 0.177. The summed E-state index contributed by atoms with van der Waals surface area (Å²) in [4.78, 5) is 26.0. The van der Waals surface area contributed by atoms with Crippen LogP contribution < -0.4 is 10.9 Å². The molecule has 0 aliphatic heterocycles. The minimum atomic E-state index is -0.365. The number of hydrogen-bond donors (Lipinski definition) is 1. The van der Waals surface area contributed by atoms with Crippen molar-refractivity contribution in [1.29, 1.82) is 0 Å². The molecular weight excluding hydrogens is 414 g/mol. The number of carbonyl (C=O) groups excluding carboxylic acids is 1. The van der Waals surface area contributed by atoms with Gasteiger partial charge < -0.3 is 5.32 Å². The monoisotopic (exact) mass is 433 g/mol. The number of fused-ring (bicyclic) bond motifs is 1. The molecule has 1 N–H and O–H groups in total. The molecule has 2 heterocycles. The first kappa shape index (κ1) is 19.5. The van der Waals surface area contributed by atoms with Crippen molar-refractivity contribution in [3.05, 3.63) is 81.4 Å². The molecule has 8 heteroatoms. The van der Waals surface area contributed by atoms with Crippen LogP contribution in [0.1, 0.15) is 30.0 Å². The summed E-state index contributed by atoms with van der Waals surface area (Å²) in [7, 11) is 0. The number of carbonyl (C=O) groups is 1. The standard InChI is InChI=1S/C23H20ClN5O2/c1-14-5-9-17(10-6-14)26-20(30)13-28-23(31)22-19(21(27-28)15-7-8-15)12-25-29(22)18-4-2-3-16(24)11-18/h2-6,9-12,15H,7-8,13H2,1H3,(H,26,30). The average Bonchev–Trinajstić information content (AvgIpc) is 3.49. The van der Waals surface area contributed by atoms with Crippen LogP contribution in [-0.2, 0) is 11.3 Å². The molecule has 7 nitrogen and oxygen atoms in total. The number of benzene rings is 2. The summed E-state index contributed by atoms with van der Waals surface area (Å²) in [6.45, 7) is 1.80. The van der Waals surface area contributed by atoms with Crippen LogP contribution in [-0.4, -0.2) is 25.5 Å². The highest BCUT2D eigenvalue weighted by Gasteiger charge is 2.30. The lowest BCUT2D eigenvalue weighted by molar-refractivity contribution is -0.117. The summed E-state index contributed by atoms with van der Waals surface area (Å²) in [5.41, 5.74) is 3.31. The van der Waals surface area contributed by atoms with Crippen molar-refractivity contribution in [3.63, 3.8) is 0 Å². The van der Waals surface area contributed by atoms with Gasteiger partial charge in [0.1, 0.15) is 12.1 Å². The van der Waals surface area contributed by atoms with Gasteiger partial charge in [-0.15, -0.1) is 0 Å². The van der Waals surface area contributed by atoms with Crippen LogP contribution in [0.2, 0.25) is 5.02 Å². The molecule has 1 saturated carbocycles. The van der Waals surface area contributed by atoms with E-state index in [1.807, 2.05) is 43.3 Å². The first-order valence-electron chi connectivity index (χ1n) is 10.1. The van der Waals surface area contributed by atoms with Crippen molar-refractivity contribution in [2.45, 2.75) is 32.2 Å². The van der Waals surface area contributed by atoms with Gasteiger partial charge in [-0.25, -0.2) is 9.36 Å². The quantitative estimate of drug-likeness (QED) is 0.514. The zero-order valence-corrected chi connectivity index (χ0v) is 17.6. The van der Waals surface area contributed by atoms with Gasteiger partial charge in [-0.3, -0.25) is 9.59 Å². The number of anilines is 1. The minimum Gasteiger partial charge on any atom is -0.324 e. The van der Waals surface area contributed by atoms with E-state index in [1.165, 1.54) is 4.68 Å². The van der Waals surface area contributed by atoms with E-state index in [9.17, 15) is 9.59 Å². The molecule has 5 rings (SSSR count). The number of amides is 1. The van der Waals surface area contributed by atoms with Crippen LogP contribution >= 0.6 is 11.6 Å². The summed E-state index contributed by atoms with van der Waals surface area (Å²) in [6, 6.07) is 14.7. The van der Waals surface area contributed by atoms with Crippen LogP contribution in [0.5, 0.6) is 0 Å². The molecule has 4 aromatic rings. The summed E-state index contributed by atoms with van der Waals surface area (Å²) >= 11 is 6.14. The van der Waals surface area contributed by atoms with E-state index < -0.39 is 0 Å². The summed E-state index contributed by atoms with van der Waals surface area (Å²) < 4.78 is 2.81. The first-order valence-corrected chi connectivity index (χ1v) is 10.5. The van der Waals surface area contributed by atoms with E-state index >= 15 is 0 Å². The lowest BCUT2D eigenvalue weighted by Gasteiger charge is -2.11. The fourth-order valence-corrected chi connectivity index (χ4v) is 3.82. The number of rotatable bonds is 5. The number of aryl methyl sites for hydroxylation is 1. The average molecular weight is 434 g/mol. The van der Waals surface area contributed by atoms with Crippen LogP contribution in [0.3, 0.4) is 0 Å². The molecule has 1 amide bonds. The topological polar surface area (TPSA) is 81.8 Å². The summed E-state index contributed by atoms with van der Waals surface area (Å²) in [5, 5.41) is 13.1. The van der Waals surface area contributed by atoms with Crippen molar-refractivity contribution in [3.8, 4) is 5.69 Å². The molecule has 0 spiro atoms. The Kier molecular flexibility index (Phi) is 4.82. The number of nitrogens with one attached hydrogen (secondary N) is 1. The SMILES string of the molecule is Cc1ccc(NC(=O)Cn2nc(C3CC3)c3cnn(-c4cccc(Cl)c4)c3c2=O)cc1. The van der Waals surface area contributed by atoms with Crippen LogP contribution in [0.25, 0.3) is 16.6 Å². The van der Waals surface area contributed by atoms with Gasteiger partial charge >= 0.3 is 0 Å². The second-order valence-corrected chi connectivity index (χ2v) is 8.27. The van der Waals surface area contributed by atoms with Crippen molar-refractivity contribution in [2.75, 3.05) is 5.32 Å². The van der Waals surface area contributed by atoms with Gasteiger partial charge in [0.15, 0.2) is 0 Å². The summed E-state index contributed by atoms with van der Waals surface area (Å²) in [5.74, 6) is -0.0279. The number of aromatic nitrogens is 4. The molecule has 2 aromatic heterocycles. The first-order chi connectivity index (χ1) is 15.0. The van der Waals surface area contributed by atoms with Crippen molar-refractivity contribution in [1.82, 2.24) is 19.6 Å². The molecule has 1 fully saturated rings. The Bertz CT molecular complexity index is 1350. The molecule has 2 aromatic carbocycles. The molecule has 0 unspecified atom stereocenters. The van der Waals surface area contributed by atoms with Gasteiger partial charge in [-0.05, 0) is 50.1 Å².